The molecular weight excluding hydrogens is 254 g/mol. The van der Waals surface area contributed by atoms with Gasteiger partial charge in [0.05, 0.1) is 6.61 Å². The van der Waals surface area contributed by atoms with Crippen LogP contribution in [-0.4, -0.2) is 19.2 Å². The monoisotopic (exact) mass is 269 g/mol. The van der Waals surface area contributed by atoms with Crippen LogP contribution in [0.2, 0.25) is 0 Å². The van der Waals surface area contributed by atoms with E-state index >= 15 is 0 Å². The minimum Gasteiger partial charge on any atom is -0.493 e. The average molecular weight is 270 g/mol. The standard InChI is InChI=1S/C12H16BrNO/c13-10-3-1-5-12(9-10)15-8-6-11-4-2-7-14-11/h1,3,5,9,11,14H,2,4,6-8H2. The molecule has 1 atom stereocenters. The first-order chi connectivity index (χ1) is 7.34. The lowest BCUT2D eigenvalue weighted by atomic mass is 10.2. The van der Waals surface area contributed by atoms with Crippen LogP contribution >= 0.6 is 15.9 Å². The van der Waals surface area contributed by atoms with E-state index in [0.717, 1.165) is 23.2 Å². The maximum atomic E-state index is 5.68. The fourth-order valence-corrected chi connectivity index (χ4v) is 2.26. The number of ether oxygens (including phenoxy) is 1. The minimum atomic E-state index is 0.664. The topological polar surface area (TPSA) is 21.3 Å². The molecule has 1 aliphatic rings. The number of rotatable bonds is 4. The highest BCUT2D eigenvalue weighted by Crippen LogP contribution is 2.18. The van der Waals surface area contributed by atoms with Gasteiger partial charge in [-0.3, -0.25) is 0 Å². The Labute approximate surface area is 99.1 Å². The minimum absolute atomic E-state index is 0.664. The van der Waals surface area contributed by atoms with Crippen LogP contribution in [0.15, 0.2) is 28.7 Å². The van der Waals surface area contributed by atoms with Crippen molar-refractivity contribution in [2.24, 2.45) is 0 Å². The lowest BCUT2D eigenvalue weighted by molar-refractivity contribution is 0.292. The van der Waals surface area contributed by atoms with Crippen LogP contribution in [0.5, 0.6) is 5.75 Å². The summed E-state index contributed by atoms with van der Waals surface area (Å²) in [5, 5.41) is 3.46. The highest BCUT2D eigenvalue weighted by atomic mass is 79.9. The molecule has 0 amide bonds. The summed E-state index contributed by atoms with van der Waals surface area (Å²) in [6.07, 6.45) is 3.70. The Morgan fingerprint density at radius 1 is 1.47 bits per heavy atom. The molecule has 0 saturated carbocycles. The number of hydrogen-bond donors (Lipinski definition) is 1. The number of benzene rings is 1. The van der Waals surface area contributed by atoms with Gasteiger partial charge in [0.25, 0.3) is 0 Å². The molecule has 1 aromatic rings. The molecule has 0 aliphatic carbocycles. The first kappa shape index (κ1) is 11.0. The summed E-state index contributed by atoms with van der Waals surface area (Å²) in [4.78, 5) is 0. The van der Waals surface area contributed by atoms with E-state index in [4.69, 9.17) is 4.74 Å². The molecule has 15 heavy (non-hydrogen) atoms. The smallest absolute Gasteiger partial charge is 0.120 e. The van der Waals surface area contributed by atoms with Gasteiger partial charge in [0.15, 0.2) is 0 Å². The zero-order valence-corrected chi connectivity index (χ0v) is 10.3. The maximum absolute atomic E-state index is 5.68. The molecule has 3 heteroatoms. The Bertz CT molecular complexity index is 310. The second-order valence-corrected chi connectivity index (χ2v) is 4.80. The molecule has 0 aromatic heterocycles. The van der Waals surface area contributed by atoms with Crippen LogP contribution in [0.1, 0.15) is 19.3 Å². The second kappa shape index (κ2) is 5.52. The van der Waals surface area contributed by atoms with Gasteiger partial charge in [-0.2, -0.15) is 0 Å². The van der Waals surface area contributed by atoms with Gasteiger partial charge >= 0.3 is 0 Å². The van der Waals surface area contributed by atoms with Gasteiger partial charge in [0, 0.05) is 10.5 Å². The molecule has 2 rings (SSSR count). The quantitative estimate of drug-likeness (QED) is 0.908. The molecule has 82 valence electrons. The van der Waals surface area contributed by atoms with Gasteiger partial charge in [0.2, 0.25) is 0 Å². The van der Waals surface area contributed by atoms with Crippen molar-refractivity contribution in [1.82, 2.24) is 5.32 Å². The van der Waals surface area contributed by atoms with Crippen molar-refractivity contribution in [3.8, 4) is 5.75 Å². The predicted molar refractivity (Wildman–Crippen MR) is 65.3 cm³/mol. The van der Waals surface area contributed by atoms with Crippen molar-refractivity contribution in [3.05, 3.63) is 28.7 Å². The summed E-state index contributed by atoms with van der Waals surface area (Å²) >= 11 is 3.43. The van der Waals surface area contributed by atoms with Crippen LogP contribution < -0.4 is 10.1 Å². The van der Waals surface area contributed by atoms with Crippen LogP contribution in [0.4, 0.5) is 0 Å². The molecule has 1 aromatic carbocycles. The van der Waals surface area contributed by atoms with Crippen LogP contribution in [0.25, 0.3) is 0 Å². The fourth-order valence-electron chi connectivity index (χ4n) is 1.88. The van der Waals surface area contributed by atoms with E-state index in [2.05, 4.69) is 21.2 Å². The van der Waals surface area contributed by atoms with Crippen LogP contribution in [0, 0.1) is 0 Å². The molecule has 0 bridgehead atoms. The third-order valence-corrected chi connectivity index (χ3v) is 3.19. The van der Waals surface area contributed by atoms with E-state index in [1.807, 2.05) is 24.3 Å². The largest absolute Gasteiger partial charge is 0.493 e. The normalized spacial score (nSPS) is 20.5. The van der Waals surface area contributed by atoms with Crippen molar-refractivity contribution in [3.63, 3.8) is 0 Å². The maximum Gasteiger partial charge on any atom is 0.120 e. The van der Waals surface area contributed by atoms with Gasteiger partial charge in [-0.05, 0) is 44.0 Å². The highest BCUT2D eigenvalue weighted by Gasteiger charge is 2.13. The Kier molecular flexibility index (Phi) is 4.03. The average Bonchev–Trinajstić information content (AvgIpc) is 2.71. The first-order valence-electron chi connectivity index (χ1n) is 5.46. The van der Waals surface area contributed by atoms with E-state index in [-0.39, 0.29) is 0 Å². The zero-order chi connectivity index (χ0) is 10.5. The molecule has 1 heterocycles. The first-order valence-corrected chi connectivity index (χ1v) is 6.25. The lowest BCUT2D eigenvalue weighted by Gasteiger charge is -2.11. The van der Waals surface area contributed by atoms with Gasteiger partial charge in [-0.1, -0.05) is 22.0 Å². The van der Waals surface area contributed by atoms with E-state index in [9.17, 15) is 0 Å². The SMILES string of the molecule is Brc1cccc(OCCC2CCCN2)c1. The Morgan fingerprint density at radius 3 is 3.13 bits per heavy atom. The summed E-state index contributed by atoms with van der Waals surface area (Å²) in [6.45, 7) is 1.97. The van der Waals surface area contributed by atoms with Gasteiger partial charge in [0.1, 0.15) is 5.75 Å². The number of nitrogens with one attached hydrogen (secondary N) is 1. The van der Waals surface area contributed by atoms with Crippen molar-refractivity contribution >= 4 is 15.9 Å². The summed E-state index contributed by atoms with van der Waals surface area (Å²) in [5.74, 6) is 0.947. The van der Waals surface area contributed by atoms with E-state index in [1.165, 1.54) is 19.4 Å². The highest BCUT2D eigenvalue weighted by molar-refractivity contribution is 9.10. The third kappa shape index (κ3) is 3.50. The molecule has 0 spiro atoms. The number of halogens is 1. The van der Waals surface area contributed by atoms with Gasteiger partial charge in [-0.25, -0.2) is 0 Å². The van der Waals surface area contributed by atoms with Crippen LogP contribution in [-0.2, 0) is 0 Å². The predicted octanol–water partition coefficient (Wildman–Crippen LogP) is 2.97. The molecule has 0 radical (unpaired) electrons. The summed E-state index contributed by atoms with van der Waals surface area (Å²) in [7, 11) is 0. The van der Waals surface area contributed by atoms with E-state index < -0.39 is 0 Å². The molecular formula is C12H16BrNO. The molecule has 1 N–H and O–H groups in total. The van der Waals surface area contributed by atoms with E-state index in [1.54, 1.807) is 0 Å². The molecule has 1 fully saturated rings. The molecule has 2 nitrogen and oxygen atoms in total. The third-order valence-electron chi connectivity index (χ3n) is 2.69. The number of hydrogen-bond acceptors (Lipinski definition) is 2. The van der Waals surface area contributed by atoms with E-state index in [0.29, 0.717) is 6.04 Å². The van der Waals surface area contributed by atoms with Crippen molar-refractivity contribution < 1.29 is 4.74 Å². The van der Waals surface area contributed by atoms with Gasteiger partial charge in [-0.15, -0.1) is 0 Å². The Morgan fingerprint density at radius 2 is 2.40 bits per heavy atom. The summed E-state index contributed by atoms with van der Waals surface area (Å²) in [6, 6.07) is 8.66. The summed E-state index contributed by atoms with van der Waals surface area (Å²) < 4.78 is 6.75. The van der Waals surface area contributed by atoms with Crippen molar-refractivity contribution in [1.29, 1.82) is 0 Å². The van der Waals surface area contributed by atoms with Crippen molar-refractivity contribution in [2.75, 3.05) is 13.2 Å². The lowest BCUT2D eigenvalue weighted by Crippen LogP contribution is -2.23. The Hall–Kier alpha value is -0.540. The van der Waals surface area contributed by atoms with Crippen molar-refractivity contribution in [2.45, 2.75) is 25.3 Å². The van der Waals surface area contributed by atoms with Gasteiger partial charge < -0.3 is 10.1 Å². The second-order valence-electron chi connectivity index (χ2n) is 3.89. The molecule has 1 aliphatic heterocycles. The molecule has 1 saturated heterocycles. The molecule has 1 unspecified atom stereocenters. The Balaban J connectivity index is 1.73. The summed E-state index contributed by atoms with van der Waals surface area (Å²) in [5.41, 5.74) is 0. The fraction of sp³-hybridized carbons (Fsp3) is 0.500. The van der Waals surface area contributed by atoms with Crippen LogP contribution in [0.3, 0.4) is 0 Å². The zero-order valence-electron chi connectivity index (χ0n) is 8.71.